The zero-order valence-electron chi connectivity index (χ0n) is 23.9. The van der Waals surface area contributed by atoms with Crippen LogP contribution in [0.25, 0.3) is 11.1 Å². The largest absolute Gasteiger partial charge is 0.372 e. The van der Waals surface area contributed by atoms with Crippen LogP contribution in [0.5, 0.6) is 0 Å². The summed E-state index contributed by atoms with van der Waals surface area (Å²) in [5.41, 5.74) is 8.60. The number of pyridine rings is 2. The maximum absolute atomic E-state index is 15.1. The van der Waals surface area contributed by atoms with Crippen molar-refractivity contribution in [3.05, 3.63) is 101 Å². The number of benzene rings is 2. The monoisotopic (exact) mass is 572 g/mol. The van der Waals surface area contributed by atoms with Crippen LogP contribution in [0.1, 0.15) is 48.9 Å². The van der Waals surface area contributed by atoms with E-state index in [0.717, 1.165) is 11.1 Å². The summed E-state index contributed by atoms with van der Waals surface area (Å²) in [6, 6.07) is 14.8. The van der Waals surface area contributed by atoms with E-state index >= 15 is 4.39 Å². The summed E-state index contributed by atoms with van der Waals surface area (Å²) in [6.45, 7) is 6.31. The Morgan fingerprint density at radius 2 is 1.67 bits per heavy atom. The molecule has 0 bridgehead atoms. The van der Waals surface area contributed by atoms with Gasteiger partial charge in [0.05, 0.1) is 5.69 Å². The number of rotatable bonds is 9. The van der Waals surface area contributed by atoms with E-state index in [9.17, 15) is 9.18 Å². The molecule has 218 valence electrons. The summed E-state index contributed by atoms with van der Waals surface area (Å²) in [7, 11) is 1.68. The quantitative estimate of drug-likeness (QED) is 0.146. The molecule has 2 aromatic carbocycles. The van der Waals surface area contributed by atoms with Crippen LogP contribution in [0.15, 0.2) is 67.0 Å². The van der Waals surface area contributed by atoms with E-state index in [4.69, 9.17) is 11.2 Å². The molecule has 2 amide bonds. The molecule has 0 aliphatic carbocycles. The molecule has 10 heteroatoms. The van der Waals surface area contributed by atoms with Crippen LogP contribution in [0.3, 0.4) is 0 Å². The molecule has 0 radical (unpaired) electrons. The number of nitrogens with zero attached hydrogens (tertiary/aromatic N) is 2. The second-order valence-corrected chi connectivity index (χ2v) is 8.52. The van der Waals surface area contributed by atoms with Gasteiger partial charge in [-0.2, -0.15) is 0 Å². The fourth-order valence-electron chi connectivity index (χ4n) is 4.04. The second kappa shape index (κ2) is 16.7. The molecule has 5 N–H and O–H groups in total. The Morgan fingerprint density at radius 1 is 1.00 bits per heavy atom. The minimum atomic E-state index is -0.425. The molecule has 2 aromatic heterocycles. The molecular weight excluding hydrogens is 538 g/mol. The molecule has 4 aromatic rings. The second-order valence-electron chi connectivity index (χ2n) is 8.52. The first-order chi connectivity index (χ1) is 20.3. The van der Waals surface area contributed by atoms with E-state index in [2.05, 4.69) is 37.6 Å². The van der Waals surface area contributed by atoms with E-state index in [1.54, 1.807) is 37.5 Å². The summed E-state index contributed by atoms with van der Waals surface area (Å²) >= 11 is 0. The zero-order chi connectivity index (χ0) is 31.1. The van der Waals surface area contributed by atoms with Gasteiger partial charge in [-0.1, -0.05) is 51.0 Å². The van der Waals surface area contributed by atoms with Gasteiger partial charge in [-0.3, -0.25) is 9.59 Å². The van der Waals surface area contributed by atoms with Crippen LogP contribution < -0.4 is 21.7 Å². The molecule has 0 aliphatic rings. The van der Waals surface area contributed by atoms with Crippen LogP contribution >= 0.6 is 0 Å². The number of nitrogens with two attached hydrogens (primary N) is 1. The minimum absolute atomic E-state index is 0.106. The Bertz CT molecular complexity index is 1520. The van der Waals surface area contributed by atoms with Gasteiger partial charge >= 0.3 is 0 Å². The lowest BCUT2D eigenvalue weighted by molar-refractivity contribution is -0.107. The molecule has 0 spiro atoms. The molecule has 0 saturated heterocycles. The van der Waals surface area contributed by atoms with E-state index in [0.29, 0.717) is 52.5 Å². The van der Waals surface area contributed by atoms with Crippen molar-refractivity contribution in [1.82, 2.24) is 9.97 Å². The number of amides is 2. The Labute approximate surface area is 244 Å². The van der Waals surface area contributed by atoms with Crippen LogP contribution in [-0.4, -0.2) is 29.8 Å². The van der Waals surface area contributed by atoms with Crippen molar-refractivity contribution in [2.24, 2.45) is 5.73 Å². The lowest BCUT2D eigenvalue weighted by atomic mass is 9.92. The Balaban J connectivity index is 0.00000116. The Morgan fingerprint density at radius 3 is 2.26 bits per heavy atom. The molecule has 0 saturated carbocycles. The van der Waals surface area contributed by atoms with Crippen LogP contribution in [0.4, 0.5) is 26.1 Å². The first-order valence-electron chi connectivity index (χ1n) is 13.1. The lowest BCUT2D eigenvalue weighted by Gasteiger charge is -2.18. The van der Waals surface area contributed by atoms with Crippen molar-refractivity contribution in [2.45, 2.75) is 33.2 Å². The third kappa shape index (κ3) is 8.60. The molecule has 1 unspecified atom stereocenters. The van der Waals surface area contributed by atoms with Crippen LogP contribution in [0.2, 0.25) is 0 Å². The minimum Gasteiger partial charge on any atom is -0.372 e. The first kappa shape index (κ1) is 32.9. The van der Waals surface area contributed by atoms with Crippen molar-refractivity contribution in [3.63, 3.8) is 0 Å². The van der Waals surface area contributed by atoms with Crippen molar-refractivity contribution in [3.8, 4) is 23.5 Å². The summed E-state index contributed by atoms with van der Waals surface area (Å²) in [6.07, 6.45) is 9.51. The number of hydrogen-bond donors (Lipinski definition) is 4. The molecule has 1 atom stereocenters. The maximum atomic E-state index is 15.1. The van der Waals surface area contributed by atoms with E-state index in [1.807, 2.05) is 32.9 Å². The van der Waals surface area contributed by atoms with E-state index in [-0.39, 0.29) is 18.1 Å². The van der Waals surface area contributed by atoms with E-state index < -0.39 is 5.82 Å². The van der Waals surface area contributed by atoms with Gasteiger partial charge in [0.25, 0.3) is 0 Å². The SMILES string of the molecule is C#Cc1cnc(NCc2ccc(-c3cnc(NC)c(NC=O)c3)c(F)c2)c(C(C)c2ccc(F)cc2)c1.CC.NC=O. The highest BCUT2D eigenvalue weighted by Gasteiger charge is 2.16. The summed E-state index contributed by atoms with van der Waals surface area (Å²) in [4.78, 5) is 28.2. The van der Waals surface area contributed by atoms with E-state index in [1.165, 1.54) is 24.4 Å². The van der Waals surface area contributed by atoms with Gasteiger partial charge in [0.1, 0.15) is 23.3 Å². The predicted molar refractivity (Wildman–Crippen MR) is 164 cm³/mol. The highest BCUT2D eigenvalue weighted by Crippen LogP contribution is 2.31. The number of primary amides is 1. The fraction of sp³-hybridized carbons (Fsp3) is 0.188. The number of carbonyl (C=O) groups is 2. The summed E-state index contributed by atoms with van der Waals surface area (Å²) < 4.78 is 28.5. The van der Waals surface area contributed by atoms with Crippen molar-refractivity contribution < 1.29 is 18.4 Å². The maximum Gasteiger partial charge on any atom is 0.211 e. The molecule has 2 heterocycles. The molecule has 42 heavy (non-hydrogen) atoms. The Kier molecular flexibility index (Phi) is 13.1. The summed E-state index contributed by atoms with van der Waals surface area (Å²) in [5.74, 6) is 2.85. The van der Waals surface area contributed by atoms with Crippen LogP contribution in [-0.2, 0) is 16.1 Å². The average molecular weight is 573 g/mol. The smallest absolute Gasteiger partial charge is 0.211 e. The fourth-order valence-corrected chi connectivity index (χ4v) is 4.04. The number of terminal acetylenes is 1. The lowest BCUT2D eigenvalue weighted by Crippen LogP contribution is -2.08. The van der Waals surface area contributed by atoms with Gasteiger partial charge in [0, 0.05) is 54.2 Å². The average Bonchev–Trinajstić information content (AvgIpc) is 3.01. The van der Waals surface area contributed by atoms with Gasteiger partial charge < -0.3 is 21.7 Å². The zero-order valence-corrected chi connectivity index (χ0v) is 23.9. The third-order valence-electron chi connectivity index (χ3n) is 6.06. The molecule has 8 nitrogen and oxygen atoms in total. The molecule has 4 rings (SSSR count). The topological polar surface area (TPSA) is 122 Å². The van der Waals surface area contributed by atoms with Gasteiger partial charge in [-0.05, 0) is 41.5 Å². The number of nitrogens with one attached hydrogen (secondary N) is 3. The normalized spacial score (nSPS) is 10.4. The molecule has 0 aliphatic heterocycles. The van der Waals surface area contributed by atoms with Gasteiger partial charge in [-0.15, -0.1) is 6.42 Å². The number of aromatic nitrogens is 2. The summed E-state index contributed by atoms with van der Waals surface area (Å²) in [5, 5.41) is 8.73. The number of anilines is 3. The highest BCUT2D eigenvalue weighted by atomic mass is 19.1. The Hall–Kier alpha value is -5.30. The number of hydrogen-bond acceptors (Lipinski definition) is 6. The van der Waals surface area contributed by atoms with Gasteiger partial charge in [0.15, 0.2) is 0 Å². The molecule has 0 fully saturated rings. The van der Waals surface area contributed by atoms with Crippen molar-refractivity contribution in [1.29, 1.82) is 0 Å². The molecular formula is C32H34F2N6O2. The van der Waals surface area contributed by atoms with Crippen LogP contribution in [0, 0.1) is 24.0 Å². The van der Waals surface area contributed by atoms with Crippen molar-refractivity contribution in [2.75, 3.05) is 23.0 Å². The third-order valence-corrected chi connectivity index (χ3v) is 6.06. The standard InChI is InChI=1S/C29H25F2N5O.C2H6.CH3NO/c1-4-19-11-25(18(2)21-6-8-23(30)9-7-21)28(33-14-19)34-15-20-5-10-24(26(31)12-20)22-13-27(36-17-37)29(32-3)35-16-22;1-2;2-1-3/h1,5-14,16-18H,15H2,2-3H3,(H,32,35)(H,33,34)(H,36,37);1-2H3;1H,(H2,2,3). The van der Waals surface area contributed by atoms with Gasteiger partial charge in [0.2, 0.25) is 12.8 Å². The number of carbonyl (C=O) groups excluding carboxylic acids is 2. The highest BCUT2D eigenvalue weighted by molar-refractivity contribution is 5.82. The number of halogens is 2. The van der Waals surface area contributed by atoms with Gasteiger partial charge in [-0.25, -0.2) is 18.7 Å². The first-order valence-corrected chi connectivity index (χ1v) is 13.1. The van der Waals surface area contributed by atoms with Crippen molar-refractivity contribution >= 4 is 30.1 Å². The predicted octanol–water partition coefficient (Wildman–Crippen LogP) is 5.90.